The smallest absolute Gasteiger partial charge is 0.0628 e. The van der Waals surface area contributed by atoms with Crippen molar-refractivity contribution in [2.75, 3.05) is 32.7 Å². The Labute approximate surface area is 123 Å². The number of piperazine rings is 3. The fourth-order valence-corrected chi connectivity index (χ4v) is 3.42. The van der Waals surface area contributed by atoms with Crippen LogP contribution < -0.4 is 11.3 Å². The van der Waals surface area contributed by atoms with E-state index < -0.39 is 0 Å². The summed E-state index contributed by atoms with van der Waals surface area (Å²) in [5.41, 5.74) is 4.04. The van der Waals surface area contributed by atoms with Gasteiger partial charge in [0.1, 0.15) is 0 Å². The molecule has 2 atom stereocenters. The fourth-order valence-electron chi connectivity index (χ4n) is 3.11. The maximum Gasteiger partial charge on any atom is 0.0628 e. The van der Waals surface area contributed by atoms with Gasteiger partial charge in [-0.05, 0) is 17.7 Å². The molecular formula is C13H18Cl2N4. The highest BCUT2D eigenvalue weighted by atomic mass is 35.5. The first-order valence-electron chi connectivity index (χ1n) is 6.56. The molecule has 0 spiro atoms. The molecule has 3 aliphatic rings. The highest BCUT2D eigenvalue weighted by molar-refractivity contribution is 6.42. The van der Waals surface area contributed by atoms with Crippen LogP contribution in [-0.4, -0.2) is 48.6 Å². The van der Waals surface area contributed by atoms with E-state index in [9.17, 15) is 0 Å². The minimum Gasteiger partial charge on any atom is -0.299 e. The van der Waals surface area contributed by atoms with Crippen molar-refractivity contribution in [2.45, 2.75) is 12.1 Å². The molecule has 1 aromatic carbocycles. The third-order valence-corrected chi connectivity index (χ3v) is 4.93. The molecule has 2 unspecified atom stereocenters. The van der Waals surface area contributed by atoms with Gasteiger partial charge in [-0.1, -0.05) is 29.3 Å². The van der Waals surface area contributed by atoms with Gasteiger partial charge in [-0.2, -0.15) is 0 Å². The molecule has 6 heteroatoms. The predicted octanol–water partition coefficient (Wildman–Crippen LogP) is 1.50. The Kier molecular flexibility index (Phi) is 3.98. The molecule has 0 amide bonds. The van der Waals surface area contributed by atoms with E-state index in [1.54, 1.807) is 0 Å². The lowest BCUT2D eigenvalue weighted by atomic mass is 9.94. The Morgan fingerprint density at radius 3 is 2.42 bits per heavy atom. The van der Waals surface area contributed by atoms with E-state index in [2.05, 4.69) is 15.2 Å². The first-order valence-corrected chi connectivity index (χ1v) is 7.32. The number of rotatable bonds is 3. The van der Waals surface area contributed by atoms with Crippen molar-refractivity contribution in [3.05, 3.63) is 33.8 Å². The van der Waals surface area contributed by atoms with Crippen LogP contribution in [0.1, 0.15) is 11.6 Å². The van der Waals surface area contributed by atoms with Gasteiger partial charge in [0.25, 0.3) is 0 Å². The van der Waals surface area contributed by atoms with Crippen LogP contribution in [0.2, 0.25) is 10.0 Å². The lowest BCUT2D eigenvalue weighted by Crippen LogP contribution is -2.64. The normalized spacial score (nSPS) is 31.4. The number of nitrogens with one attached hydrogen (secondary N) is 1. The van der Waals surface area contributed by atoms with Gasteiger partial charge in [0, 0.05) is 38.8 Å². The number of hydrogen-bond acceptors (Lipinski definition) is 4. The Bertz CT molecular complexity index is 460. The van der Waals surface area contributed by atoms with Crippen LogP contribution in [0, 0.1) is 0 Å². The molecule has 0 radical (unpaired) electrons. The average Bonchev–Trinajstić information content (AvgIpc) is 2.45. The molecule has 4 rings (SSSR count). The minimum atomic E-state index is 0.0814. The number of fused-ring (bicyclic) bond motifs is 3. The standard InChI is InChI=1S/C13H18Cl2N4/c14-10-2-1-9(7-11(10)15)13(17-16)12-8-18-3-5-19(12)6-4-18/h1-2,7,12-13,17H,3-6,8,16H2. The second-order valence-electron chi connectivity index (χ2n) is 5.22. The molecule has 19 heavy (non-hydrogen) atoms. The highest BCUT2D eigenvalue weighted by Gasteiger charge is 2.37. The molecule has 0 aliphatic carbocycles. The summed E-state index contributed by atoms with van der Waals surface area (Å²) < 4.78 is 0. The Hall–Kier alpha value is -0.360. The third kappa shape index (κ3) is 2.61. The summed E-state index contributed by atoms with van der Waals surface area (Å²) >= 11 is 12.1. The van der Waals surface area contributed by atoms with Crippen LogP contribution >= 0.6 is 23.2 Å². The van der Waals surface area contributed by atoms with E-state index in [-0.39, 0.29) is 6.04 Å². The molecule has 104 valence electrons. The van der Waals surface area contributed by atoms with Crippen LogP contribution in [0.3, 0.4) is 0 Å². The Morgan fingerprint density at radius 2 is 1.89 bits per heavy atom. The highest BCUT2D eigenvalue weighted by Crippen LogP contribution is 2.30. The number of hydrogen-bond donors (Lipinski definition) is 2. The van der Waals surface area contributed by atoms with Gasteiger partial charge in [-0.15, -0.1) is 0 Å². The third-order valence-electron chi connectivity index (χ3n) is 4.19. The van der Waals surface area contributed by atoms with Crippen LogP contribution in [0.4, 0.5) is 0 Å². The lowest BCUT2D eigenvalue weighted by Gasteiger charge is -2.50. The van der Waals surface area contributed by atoms with E-state index in [4.69, 9.17) is 29.0 Å². The molecule has 1 aromatic rings. The molecule has 3 heterocycles. The zero-order valence-corrected chi connectivity index (χ0v) is 12.2. The maximum atomic E-state index is 6.11. The van der Waals surface area contributed by atoms with E-state index in [1.807, 2.05) is 18.2 Å². The van der Waals surface area contributed by atoms with Gasteiger partial charge < -0.3 is 0 Å². The second kappa shape index (κ2) is 5.56. The van der Waals surface area contributed by atoms with Crippen molar-refractivity contribution in [3.63, 3.8) is 0 Å². The first kappa shape index (κ1) is 13.6. The Balaban J connectivity index is 1.85. The summed E-state index contributed by atoms with van der Waals surface area (Å²) in [6.07, 6.45) is 0. The average molecular weight is 301 g/mol. The number of nitrogens with zero attached hydrogens (tertiary/aromatic N) is 2. The van der Waals surface area contributed by atoms with Crippen LogP contribution in [0.5, 0.6) is 0 Å². The summed E-state index contributed by atoms with van der Waals surface area (Å²) in [5.74, 6) is 5.78. The van der Waals surface area contributed by atoms with Gasteiger partial charge in [0.2, 0.25) is 0 Å². The van der Waals surface area contributed by atoms with Crippen molar-refractivity contribution in [1.29, 1.82) is 0 Å². The molecule has 0 saturated carbocycles. The minimum absolute atomic E-state index is 0.0814. The molecule has 3 aliphatic heterocycles. The number of benzene rings is 1. The number of hydrazine groups is 1. The second-order valence-corrected chi connectivity index (χ2v) is 6.04. The molecule has 3 fully saturated rings. The first-order chi connectivity index (χ1) is 9.19. The number of halogens is 2. The van der Waals surface area contributed by atoms with Gasteiger partial charge >= 0.3 is 0 Å². The van der Waals surface area contributed by atoms with Gasteiger partial charge in [0.05, 0.1) is 16.1 Å². The van der Waals surface area contributed by atoms with Gasteiger partial charge in [-0.3, -0.25) is 21.1 Å². The summed E-state index contributed by atoms with van der Waals surface area (Å²) in [6, 6.07) is 6.22. The molecule has 3 N–H and O–H groups in total. The van der Waals surface area contributed by atoms with Crippen LogP contribution in [-0.2, 0) is 0 Å². The SMILES string of the molecule is NNC(c1ccc(Cl)c(Cl)c1)C1CN2CCN1CC2. The predicted molar refractivity (Wildman–Crippen MR) is 78.3 cm³/mol. The summed E-state index contributed by atoms with van der Waals surface area (Å²) in [6.45, 7) is 5.60. The van der Waals surface area contributed by atoms with Crippen LogP contribution in [0.15, 0.2) is 18.2 Å². The maximum absolute atomic E-state index is 6.11. The van der Waals surface area contributed by atoms with Crippen molar-refractivity contribution < 1.29 is 0 Å². The molecule has 4 nitrogen and oxygen atoms in total. The lowest BCUT2D eigenvalue weighted by molar-refractivity contribution is -0.00369. The largest absolute Gasteiger partial charge is 0.299 e. The van der Waals surface area contributed by atoms with Crippen molar-refractivity contribution >= 4 is 23.2 Å². The van der Waals surface area contributed by atoms with Crippen molar-refractivity contribution in [2.24, 2.45) is 5.84 Å². The quantitative estimate of drug-likeness (QED) is 0.656. The van der Waals surface area contributed by atoms with Gasteiger partial charge in [-0.25, -0.2) is 0 Å². The summed E-state index contributed by atoms with van der Waals surface area (Å²) in [4.78, 5) is 5.00. The molecule has 3 saturated heterocycles. The Morgan fingerprint density at radius 1 is 1.16 bits per heavy atom. The molecular weight excluding hydrogens is 283 g/mol. The zero-order chi connectivity index (χ0) is 13.4. The van der Waals surface area contributed by atoms with Crippen molar-refractivity contribution in [1.82, 2.24) is 15.2 Å². The summed E-state index contributed by atoms with van der Waals surface area (Å²) in [5, 5.41) is 1.16. The zero-order valence-electron chi connectivity index (χ0n) is 10.6. The monoisotopic (exact) mass is 300 g/mol. The number of nitrogens with two attached hydrogens (primary N) is 1. The van der Waals surface area contributed by atoms with Gasteiger partial charge in [0.15, 0.2) is 0 Å². The molecule has 0 aromatic heterocycles. The summed E-state index contributed by atoms with van der Waals surface area (Å²) in [7, 11) is 0. The van der Waals surface area contributed by atoms with E-state index >= 15 is 0 Å². The van der Waals surface area contributed by atoms with Crippen molar-refractivity contribution in [3.8, 4) is 0 Å². The van der Waals surface area contributed by atoms with Crippen LogP contribution in [0.25, 0.3) is 0 Å². The van der Waals surface area contributed by atoms with E-state index in [1.165, 1.54) is 0 Å². The topological polar surface area (TPSA) is 44.5 Å². The van der Waals surface area contributed by atoms with E-state index in [0.717, 1.165) is 38.3 Å². The fraction of sp³-hybridized carbons (Fsp3) is 0.538. The van der Waals surface area contributed by atoms with E-state index in [0.29, 0.717) is 16.1 Å². The molecule has 2 bridgehead atoms.